The van der Waals surface area contributed by atoms with Gasteiger partial charge < -0.3 is 14.3 Å². The van der Waals surface area contributed by atoms with E-state index in [1.807, 2.05) is 18.2 Å². The first kappa shape index (κ1) is 13.8. The summed E-state index contributed by atoms with van der Waals surface area (Å²) in [7, 11) is 1.61. The Bertz CT molecular complexity index is 407. The lowest BCUT2D eigenvalue weighted by Crippen LogP contribution is -2.44. The largest absolute Gasteiger partial charge is 0.492 e. The van der Waals surface area contributed by atoms with Gasteiger partial charge in [0.05, 0.1) is 31.4 Å². The topological polar surface area (TPSA) is 39.7 Å². The van der Waals surface area contributed by atoms with Gasteiger partial charge in [-0.05, 0) is 33.6 Å². The van der Waals surface area contributed by atoms with Crippen LogP contribution in [0, 0.1) is 5.41 Å². The monoisotopic (exact) mass is 315 g/mol. The Morgan fingerprint density at radius 3 is 2.78 bits per heavy atom. The molecule has 18 heavy (non-hydrogen) atoms. The van der Waals surface area contributed by atoms with Gasteiger partial charge in [0.15, 0.2) is 0 Å². The van der Waals surface area contributed by atoms with Crippen molar-refractivity contribution >= 4 is 15.9 Å². The van der Waals surface area contributed by atoms with Crippen LogP contribution < -0.4 is 10.2 Å². The van der Waals surface area contributed by atoms with Crippen LogP contribution in [0.1, 0.15) is 12.5 Å². The summed E-state index contributed by atoms with van der Waals surface area (Å²) >= 11 is 3.52. The lowest BCUT2D eigenvalue weighted by Gasteiger charge is -2.37. The van der Waals surface area contributed by atoms with Crippen LogP contribution in [-0.4, -0.2) is 26.9 Å². The highest BCUT2D eigenvalue weighted by atomic mass is 79.9. The SMILES string of the molecule is CONCc1ccc(OCC2(C)COC2)c(Br)c1. The van der Waals surface area contributed by atoms with Crippen LogP contribution in [0.4, 0.5) is 0 Å². The second-order valence-corrected chi connectivity index (χ2v) is 5.74. The van der Waals surface area contributed by atoms with E-state index in [1.165, 1.54) is 0 Å². The zero-order valence-electron chi connectivity index (χ0n) is 10.7. The molecule has 1 N–H and O–H groups in total. The molecular weight excluding hydrogens is 298 g/mol. The zero-order valence-corrected chi connectivity index (χ0v) is 12.2. The fourth-order valence-corrected chi connectivity index (χ4v) is 2.25. The van der Waals surface area contributed by atoms with E-state index in [0.717, 1.165) is 29.0 Å². The number of ether oxygens (including phenoxy) is 2. The van der Waals surface area contributed by atoms with Crippen molar-refractivity contribution in [2.75, 3.05) is 26.9 Å². The van der Waals surface area contributed by atoms with Gasteiger partial charge in [0.1, 0.15) is 5.75 Å². The van der Waals surface area contributed by atoms with E-state index in [0.29, 0.717) is 13.2 Å². The van der Waals surface area contributed by atoms with E-state index in [2.05, 4.69) is 28.3 Å². The highest BCUT2D eigenvalue weighted by molar-refractivity contribution is 9.10. The van der Waals surface area contributed by atoms with Gasteiger partial charge in [0.2, 0.25) is 0 Å². The third-order valence-corrected chi connectivity index (χ3v) is 3.51. The molecule has 0 atom stereocenters. The summed E-state index contributed by atoms with van der Waals surface area (Å²) in [5.41, 5.74) is 4.10. The van der Waals surface area contributed by atoms with Crippen molar-refractivity contribution in [3.63, 3.8) is 0 Å². The van der Waals surface area contributed by atoms with Crippen LogP contribution in [0.25, 0.3) is 0 Å². The lowest BCUT2D eigenvalue weighted by atomic mass is 9.90. The highest BCUT2D eigenvalue weighted by Crippen LogP contribution is 2.31. The molecule has 1 aliphatic rings. The van der Waals surface area contributed by atoms with Crippen molar-refractivity contribution in [1.29, 1.82) is 0 Å². The van der Waals surface area contributed by atoms with Crippen LogP contribution in [0.3, 0.4) is 0 Å². The second kappa shape index (κ2) is 6.02. The third kappa shape index (κ3) is 3.45. The molecule has 2 rings (SSSR count). The fraction of sp³-hybridized carbons (Fsp3) is 0.538. The minimum Gasteiger partial charge on any atom is -0.492 e. The molecule has 0 amide bonds. The molecule has 1 fully saturated rings. The van der Waals surface area contributed by atoms with Crippen LogP contribution in [0.2, 0.25) is 0 Å². The summed E-state index contributed by atoms with van der Waals surface area (Å²) in [6.07, 6.45) is 0. The van der Waals surface area contributed by atoms with Gasteiger partial charge in [-0.3, -0.25) is 0 Å². The van der Waals surface area contributed by atoms with Gasteiger partial charge in [-0.2, -0.15) is 5.48 Å². The van der Waals surface area contributed by atoms with Gasteiger partial charge in [-0.15, -0.1) is 0 Å². The smallest absolute Gasteiger partial charge is 0.133 e. The van der Waals surface area contributed by atoms with Crippen LogP contribution in [0.5, 0.6) is 5.75 Å². The molecule has 4 nitrogen and oxygen atoms in total. The van der Waals surface area contributed by atoms with Gasteiger partial charge in [0.25, 0.3) is 0 Å². The summed E-state index contributed by atoms with van der Waals surface area (Å²) in [6, 6.07) is 6.02. The number of nitrogens with one attached hydrogen (secondary N) is 1. The molecule has 0 unspecified atom stereocenters. The third-order valence-electron chi connectivity index (χ3n) is 2.89. The molecule has 1 aromatic carbocycles. The average Bonchev–Trinajstić information content (AvgIpc) is 2.33. The van der Waals surface area contributed by atoms with Crippen molar-refractivity contribution in [3.05, 3.63) is 28.2 Å². The molecule has 0 spiro atoms. The van der Waals surface area contributed by atoms with E-state index in [4.69, 9.17) is 14.3 Å². The van der Waals surface area contributed by atoms with E-state index >= 15 is 0 Å². The molecule has 100 valence electrons. The maximum atomic E-state index is 5.82. The number of hydroxylamine groups is 1. The molecule has 1 aliphatic heterocycles. The predicted molar refractivity (Wildman–Crippen MR) is 72.4 cm³/mol. The molecule has 0 radical (unpaired) electrons. The molecule has 0 saturated carbocycles. The summed E-state index contributed by atoms with van der Waals surface area (Å²) < 4.78 is 12.0. The normalized spacial score (nSPS) is 17.3. The Hall–Kier alpha value is -0.620. The molecule has 1 saturated heterocycles. The zero-order chi connectivity index (χ0) is 13.0. The van der Waals surface area contributed by atoms with Crippen molar-refractivity contribution in [2.24, 2.45) is 5.41 Å². The molecule has 1 aromatic rings. The Morgan fingerprint density at radius 2 is 2.22 bits per heavy atom. The number of hydrogen-bond acceptors (Lipinski definition) is 4. The highest BCUT2D eigenvalue weighted by Gasteiger charge is 2.34. The van der Waals surface area contributed by atoms with Crippen LogP contribution >= 0.6 is 15.9 Å². The van der Waals surface area contributed by atoms with Crippen LogP contribution in [-0.2, 0) is 16.1 Å². The summed E-state index contributed by atoms with van der Waals surface area (Å²) in [5.74, 6) is 0.865. The van der Waals surface area contributed by atoms with Gasteiger partial charge in [-0.25, -0.2) is 0 Å². The van der Waals surface area contributed by atoms with Gasteiger partial charge in [0, 0.05) is 12.0 Å². The summed E-state index contributed by atoms with van der Waals surface area (Å²) in [6.45, 7) is 5.07. The second-order valence-electron chi connectivity index (χ2n) is 4.88. The average molecular weight is 316 g/mol. The summed E-state index contributed by atoms with van der Waals surface area (Å²) in [5, 5.41) is 0. The van der Waals surface area contributed by atoms with Crippen LogP contribution in [0.15, 0.2) is 22.7 Å². The Kier molecular flexibility index (Phi) is 4.61. The molecule has 1 heterocycles. The maximum absolute atomic E-state index is 5.82. The van der Waals surface area contributed by atoms with Crippen molar-refractivity contribution in [1.82, 2.24) is 5.48 Å². The quantitative estimate of drug-likeness (QED) is 0.819. The minimum absolute atomic E-state index is 0.162. The van der Waals surface area contributed by atoms with Gasteiger partial charge >= 0.3 is 0 Å². The number of rotatable bonds is 6. The lowest BCUT2D eigenvalue weighted by molar-refractivity contribution is -0.120. The fourth-order valence-electron chi connectivity index (χ4n) is 1.71. The number of hydrogen-bond donors (Lipinski definition) is 1. The van der Waals surface area contributed by atoms with Crippen molar-refractivity contribution in [3.8, 4) is 5.75 Å². The molecule has 0 aromatic heterocycles. The maximum Gasteiger partial charge on any atom is 0.133 e. The minimum atomic E-state index is 0.162. The standard InChI is InChI=1S/C13H18BrNO3/c1-13(7-17-8-13)9-18-12-4-3-10(5-11(12)14)6-15-16-2/h3-5,15H,6-9H2,1-2H3. The number of halogens is 1. The first-order chi connectivity index (χ1) is 8.63. The molecular formula is C13H18BrNO3. The molecule has 0 aliphatic carbocycles. The van der Waals surface area contributed by atoms with Gasteiger partial charge in [-0.1, -0.05) is 13.0 Å². The van der Waals surface area contributed by atoms with Crippen molar-refractivity contribution in [2.45, 2.75) is 13.5 Å². The molecule has 5 heteroatoms. The Labute approximate surface area is 116 Å². The van der Waals surface area contributed by atoms with Crippen molar-refractivity contribution < 1.29 is 14.3 Å². The molecule has 0 bridgehead atoms. The number of benzene rings is 1. The van der Waals surface area contributed by atoms with E-state index in [9.17, 15) is 0 Å². The Balaban J connectivity index is 1.92. The predicted octanol–water partition coefficient (Wildman–Crippen LogP) is 2.52. The Morgan fingerprint density at radius 1 is 1.44 bits per heavy atom. The van der Waals surface area contributed by atoms with E-state index in [1.54, 1.807) is 7.11 Å². The van der Waals surface area contributed by atoms with E-state index in [-0.39, 0.29) is 5.41 Å². The first-order valence-electron chi connectivity index (χ1n) is 5.88. The first-order valence-corrected chi connectivity index (χ1v) is 6.67. The van der Waals surface area contributed by atoms with E-state index < -0.39 is 0 Å². The summed E-state index contributed by atoms with van der Waals surface area (Å²) in [4.78, 5) is 4.82.